The average molecular weight is 283 g/mol. The van der Waals surface area contributed by atoms with E-state index >= 15 is 0 Å². The summed E-state index contributed by atoms with van der Waals surface area (Å²) in [5, 5.41) is 2.69. The molecule has 21 heavy (non-hydrogen) atoms. The highest BCUT2D eigenvalue weighted by molar-refractivity contribution is 5.94. The summed E-state index contributed by atoms with van der Waals surface area (Å²) in [7, 11) is 0. The van der Waals surface area contributed by atoms with Crippen LogP contribution in [0.2, 0.25) is 0 Å². The van der Waals surface area contributed by atoms with Gasteiger partial charge in [-0.1, -0.05) is 48.5 Å². The predicted molar refractivity (Wildman–Crippen MR) is 79.6 cm³/mol. The molecular weight excluding hydrogens is 266 g/mol. The fourth-order valence-electron chi connectivity index (χ4n) is 1.78. The quantitative estimate of drug-likeness (QED) is 0.829. The maximum Gasteiger partial charge on any atom is 0.307 e. The second-order valence-electron chi connectivity index (χ2n) is 4.52. The zero-order chi connectivity index (χ0) is 14.9. The van der Waals surface area contributed by atoms with Crippen LogP contribution in [-0.2, 0) is 16.1 Å². The Hall–Kier alpha value is -2.62. The summed E-state index contributed by atoms with van der Waals surface area (Å²) in [5.41, 5.74) is 1.52. The molecule has 4 nitrogen and oxygen atoms in total. The Morgan fingerprint density at radius 3 is 2.19 bits per heavy atom. The van der Waals surface area contributed by atoms with Gasteiger partial charge in [0.2, 0.25) is 0 Å². The third kappa shape index (κ3) is 5.10. The van der Waals surface area contributed by atoms with Gasteiger partial charge in [-0.05, 0) is 17.7 Å². The Kier molecular flexibility index (Phi) is 5.52. The highest BCUT2D eigenvalue weighted by Crippen LogP contribution is 2.02. The normalized spacial score (nSPS) is 9.90. The van der Waals surface area contributed by atoms with Crippen molar-refractivity contribution in [1.29, 1.82) is 0 Å². The molecule has 0 aliphatic rings. The summed E-state index contributed by atoms with van der Waals surface area (Å²) in [6, 6.07) is 18.4. The van der Waals surface area contributed by atoms with Crippen molar-refractivity contribution in [3.8, 4) is 0 Å². The lowest BCUT2D eigenvalue weighted by Crippen LogP contribution is -2.26. The highest BCUT2D eigenvalue weighted by Gasteiger charge is 2.07. The van der Waals surface area contributed by atoms with Crippen molar-refractivity contribution in [3.63, 3.8) is 0 Å². The molecule has 0 aromatic heterocycles. The van der Waals surface area contributed by atoms with Crippen molar-refractivity contribution in [1.82, 2.24) is 5.32 Å². The minimum atomic E-state index is -0.327. The molecule has 0 aliphatic carbocycles. The Labute approximate surface area is 123 Å². The lowest BCUT2D eigenvalue weighted by molar-refractivity contribution is -0.144. The minimum Gasteiger partial charge on any atom is -0.461 e. The smallest absolute Gasteiger partial charge is 0.307 e. The van der Waals surface area contributed by atoms with E-state index in [9.17, 15) is 9.59 Å². The van der Waals surface area contributed by atoms with Crippen LogP contribution < -0.4 is 5.32 Å². The largest absolute Gasteiger partial charge is 0.461 e. The van der Waals surface area contributed by atoms with Crippen molar-refractivity contribution in [2.75, 3.05) is 6.54 Å². The summed E-state index contributed by atoms with van der Waals surface area (Å²) < 4.78 is 5.13. The van der Waals surface area contributed by atoms with E-state index in [4.69, 9.17) is 4.74 Å². The van der Waals surface area contributed by atoms with Crippen LogP contribution in [0.5, 0.6) is 0 Å². The third-order valence-electron chi connectivity index (χ3n) is 2.89. The van der Waals surface area contributed by atoms with E-state index in [1.165, 1.54) is 0 Å². The van der Waals surface area contributed by atoms with E-state index in [0.29, 0.717) is 5.56 Å². The van der Waals surface area contributed by atoms with Gasteiger partial charge in [-0.15, -0.1) is 0 Å². The first-order chi connectivity index (χ1) is 10.3. The molecule has 4 heteroatoms. The lowest BCUT2D eigenvalue weighted by atomic mass is 10.2. The Morgan fingerprint density at radius 2 is 1.52 bits per heavy atom. The van der Waals surface area contributed by atoms with Crippen molar-refractivity contribution >= 4 is 11.9 Å². The maximum atomic E-state index is 11.7. The van der Waals surface area contributed by atoms with Crippen LogP contribution >= 0.6 is 0 Å². The van der Waals surface area contributed by atoms with Gasteiger partial charge in [0.05, 0.1) is 6.42 Å². The van der Waals surface area contributed by atoms with Crippen LogP contribution in [0.25, 0.3) is 0 Å². The Balaban J connectivity index is 1.66. The molecule has 108 valence electrons. The average Bonchev–Trinajstić information content (AvgIpc) is 2.54. The molecule has 0 aliphatic heterocycles. The van der Waals surface area contributed by atoms with Gasteiger partial charge in [-0.2, -0.15) is 0 Å². The Morgan fingerprint density at radius 1 is 0.905 bits per heavy atom. The summed E-state index contributed by atoms with van der Waals surface area (Å²) in [5.74, 6) is -0.515. The molecular formula is C17H17NO3. The molecule has 0 radical (unpaired) electrons. The first-order valence-electron chi connectivity index (χ1n) is 6.78. The summed E-state index contributed by atoms with van der Waals surface area (Å²) in [6.07, 6.45) is 0.158. The van der Waals surface area contributed by atoms with Crippen molar-refractivity contribution < 1.29 is 14.3 Å². The number of carbonyl (C=O) groups is 2. The summed E-state index contributed by atoms with van der Waals surface area (Å²) in [6.45, 7) is 0.521. The predicted octanol–water partition coefficient (Wildman–Crippen LogP) is 2.55. The highest BCUT2D eigenvalue weighted by atomic mass is 16.5. The van der Waals surface area contributed by atoms with E-state index in [-0.39, 0.29) is 31.4 Å². The molecule has 2 aromatic rings. The fraction of sp³-hybridized carbons (Fsp3) is 0.176. The first kappa shape index (κ1) is 14.8. The molecule has 0 saturated heterocycles. The zero-order valence-corrected chi connectivity index (χ0v) is 11.6. The number of ether oxygens (including phenoxy) is 1. The van der Waals surface area contributed by atoms with Gasteiger partial charge in [-0.25, -0.2) is 0 Å². The number of rotatable bonds is 6. The van der Waals surface area contributed by atoms with Crippen LogP contribution in [-0.4, -0.2) is 18.4 Å². The fourth-order valence-corrected chi connectivity index (χ4v) is 1.78. The van der Waals surface area contributed by atoms with Crippen LogP contribution in [0, 0.1) is 0 Å². The molecule has 2 rings (SSSR count). The molecule has 1 amide bonds. The van der Waals surface area contributed by atoms with Gasteiger partial charge in [0.25, 0.3) is 5.91 Å². The molecule has 1 N–H and O–H groups in total. The third-order valence-corrected chi connectivity index (χ3v) is 2.89. The van der Waals surface area contributed by atoms with Gasteiger partial charge < -0.3 is 10.1 Å². The van der Waals surface area contributed by atoms with Crippen LogP contribution in [0.1, 0.15) is 22.3 Å². The van der Waals surface area contributed by atoms with E-state index in [1.807, 2.05) is 36.4 Å². The van der Waals surface area contributed by atoms with Gasteiger partial charge >= 0.3 is 5.97 Å². The summed E-state index contributed by atoms with van der Waals surface area (Å²) in [4.78, 5) is 23.3. The van der Waals surface area contributed by atoms with E-state index in [0.717, 1.165) is 5.56 Å². The van der Waals surface area contributed by atoms with Gasteiger partial charge in [0, 0.05) is 12.1 Å². The monoisotopic (exact) mass is 283 g/mol. The molecule has 0 saturated carbocycles. The van der Waals surface area contributed by atoms with Crippen molar-refractivity contribution in [2.45, 2.75) is 13.0 Å². The topological polar surface area (TPSA) is 55.4 Å². The van der Waals surface area contributed by atoms with Gasteiger partial charge in [0.15, 0.2) is 0 Å². The van der Waals surface area contributed by atoms with Gasteiger partial charge in [-0.3, -0.25) is 9.59 Å². The van der Waals surface area contributed by atoms with E-state index in [2.05, 4.69) is 5.32 Å². The maximum absolute atomic E-state index is 11.7. The standard InChI is InChI=1S/C17H17NO3/c19-16(21-13-14-7-3-1-4-8-14)11-12-18-17(20)15-9-5-2-6-10-15/h1-10H,11-13H2,(H,18,20). The number of benzene rings is 2. The second kappa shape index (κ2) is 7.85. The zero-order valence-electron chi connectivity index (χ0n) is 11.6. The minimum absolute atomic E-state index is 0.158. The molecule has 0 spiro atoms. The molecule has 2 aromatic carbocycles. The number of nitrogens with one attached hydrogen (secondary N) is 1. The number of amides is 1. The summed E-state index contributed by atoms with van der Waals surface area (Å²) >= 11 is 0. The molecule has 0 heterocycles. The molecule has 0 atom stereocenters. The van der Waals surface area contributed by atoms with Crippen LogP contribution in [0.15, 0.2) is 60.7 Å². The van der Waals surface area contributed by atoms with E-state index in [1.54, 1.807) is 24.3 Å². The Bertz CT molecular complexity index is 581. The van der Waals surface area contributed by atoms with E-state index < -0.39 is 0 Å². The van der Waals surface area contributed by atoms with Gasteiger partial charge in [0.1, 0.15) is 6.61 Å². The van der Waals surface area contributed by atoms with Crippen LogP contribution in [0.3, 0.4) is 0 Å². The van der Waals surface area contributed by atoms with Crippen molar-refractivity contribution in [3.05, 3.63) is 71.8 Å². The first-order valence-corrected chi connectivity index (χ1v) is 6.78. The number of hydrogen-bond donors (Lipinski definition) is 1. The number of hydrogen-bond acceptors (Lipinski definition) is 3. The number of esters is 1. The number of carbonyl (C=O) groups excluding carboxylic acids is 2. The SMILES string of the molecule is O=C(CCNC(=O)c1ccccc1)OCc1ccccc1. The molecule has 0 bridgehead atoms. The molecule has 0 fully saturated rings. The molecule has 0 unspecified atom stereocenters. The lowest BCUT2D eigenvalue weighted by Gasteiger charge is -2.06. The van der Waals surface area contributed by atoms with Crippen LogP contribution in [0.4, 0.5) is 0 Å². The second-order valence-corrected chi connectivity index (χ2v) is 4.52. The van der Waals surface area contributed by atoms with Crippen molar-refractivity contribution in [2.24, 2.45) is 0 Å².